The molecular weight excluding hydrogens is 407 g/mol. The fraction of sp³-hybridized carbons (Fsp3) is 0.462. The molecule has 0 bridgehead atoms. The van der Waals surface area contributed by atoms with Crippen LogP contribution in [0.5, 0.6) is 5.75 Å². The molecule has 0 saturated carbocycles. The molecule has 174 valence electrons. The molecule has 2 aromatic rings. The van der Waals surface area contributed by atoms with E-state index in [2.05, 4.69) is 26.1 Å². The Morgan fingerprint density at radius 3 is 2.03 bits per heavy atom. The summed E-state index contributed by atoms with van der Waals surface area (Å²) in [6, 6.07) is 12.8. The highest BCUT2D eigenvalue weighted by atomic mass is 19.1. The van der Waals surface area contributed by atoms with E-state index in [9.17, 15) is 14.0 Å². The average molecular weight is 443 g/mol. The number of carbonyl (C=O) groups is 2. The van der Waals surface area contributed by atoms with Gasteiger partial charge in [-0.05, 0) is 68.5 Å². The van der Waals surface area contributed by atoms with E-state index in [1.54, 1.807) is 19.1 Å². The van der Waals surface area contributed by atoms with Crippen molar-refractivity contribution in [1.29, 1.82) is 0 Å². The van der Waals surface area contributed by atoms with Crippen LogP contribution in [0.3, 0.4) is 0 Å². The Morgan fingerprint density at radius 2 is 1.53 bits per heavy atom. The monoisotopic (exact) mass is 442 g/mol. The third-order valence-electron chi connectivity index (χ3n) is 5.01. The van der Waals surface area contributed by atoms with Gasteiger partial charge in [-0.3, -0.25) is 9.59 Å². The zero-order valence-electron chi connectivity index (χ0n) is 20.2. The maximum Gasteiger partial charge on any atom is 0.261 e. The third kappa shape index (κ3) is 7.66. The minimum Gasteiger partial charge on any atom is -0.484 e. The summed E-state index contributed by atoms with van der Waals surface area (Å²) in [6.07, 6.45) is 0. The number of nitrogens with zero attached hydrogens (tertiary/aromatic N) is 1. The second kappa shape index (κ2) is 10.2. The zero-order valence-corrected chi connectivity index (χ0v) is 20.2. The van der Waals surface area contributed by atoms with Gasteiger partial charge in [0.1, 0.15) is 17.6 Å². The van der Waals surface area contributed by atoms with E-state index in [1.807, 2.05) is 45.0 Å². The first-order chi connectivity index (χ1) is 14.8. The van der Waals surface area contributed by atoms with E-state index in [0.717, 1.165) is 5.56 Å². The van der Waals surface area contributed by atoms with Gasteiger partial charge in [0, 0.05) is 12.1 Å². The Hall–Kier alpha value is -2.89. The van der Waals surface area contributed by atoms with Crippen LogP contribution in [0, 0.1) is 5.82 Å². The molecule has 1 atom stereocenters. The van der Waals surface area contributed by atoms with Gasteiger partial charge in [0.05, 0.1) is 0 Å². The first kappa shape index (κ1) is 25.4. The molecule has 0 aliphatic rings. The van der Waals surface area contributed by atoms with Crippen LogP contribution in [0.4, 0.5) is 4.39 Å². The van der Waals surface area contributed by atoms with Crippen LogP contribution < -0.4 is 10.1 Å². The number of hydrogen-bond donors (Lipinski definition) is 1. The molecule has 2 rings (SSSR count). The number of nitrogens with one attached hydrogen (secondary N) is 1. The van der Waals surface area contributed by atoms with Gasteiger partial charge in [0.2, 0.25) is 5.91 Å². The molecule has 32 heavy (non-hydrogen) atoms. The largest absolute Gasteiger partial charge is 0.484 e. The lowest BCUT2D eigenvalue weighted by Crippen LogP contribution is -2.53. The van der Waals surface area contributed by atoms with Gasteiger partial charge in [-0.25, -0.2) is 4.39 Å². The van der Waals surface area contributed by atoms with Crippen LogP contribution in [0.15, 0.2) is 48.5 Å². The first-order valence-corrected chi connectivity index (χ1v) is 10.9. The molecular formula is C26H35FN2O3. The molecule has 0 heterocycles. The lowest BCUT2D eigenvalue weighted by molar-refractivity contribution is -0.142. The van der Waals surface area contributed by atoms with Crippen molar-refractivity contribution in [1.82, 2.24) is 10.2 Å². The van der Waals surface area contributed by atoms with Crippen molar-refractivity contribution < 1.29 is 18.7 Å². The fourth-order valence-corrected chi connectivity index (χ4v) is 3.12. The van der Waals surface area contributed by atoms with Crippen molar-refractivity contribution in [2.45, 2.75) is 72.0 Å². The van der Waals surface area contributed by atoms with Gasteiger partial charge in [-0.15, -0.1) is 0 Å². The number of halogens is 1. The summed E-state index contributed by atoms with van der Waals surface area (Å²) in [5.41, 5.74) is 1.49. The molecule has 0 aliphatic heterocycles. The summed E-state index contributed by atoms with van der Waals surface area (Å²) >= 11 is 0. The topological polar surface area (TPSA) is 58.6 Å². The minimum atomic E-state index is -0.723. The third-order valence-corrected chi connectivity index (χ3v) is 5.01. The Balaban J connectivity index is 2.15. The summed E-state index contributed by atoms with van der Waals surface area (Å²) in [5.74, 6) is -0.361. The maximum atomic E-state index is 13.3. The van der Waals surface area contributed by atoms with Crippen LogP contribution in [0.1, 0.15) is 59.6 Å². The zero-order chi connectivity index (χ0) is 24.1. The molecule has 0 radical (unpaired) electrons. The predicted molar refractivity (Wildman–Crippen MR) is 125 cm³/mol. The smallest absolute Gasteiger partial charge is 0.261 e. The van der Waals surface area contributed by atoms with Gasteiger partial charge in [0.15, 0.2) is 6.61 Å². The number of amides is 2. The van der Waals surface area contributed by atoms with E-state index in [0.29, 0.717) is 5.75 Å². The SMILES string of the molecule is C[C@H](C(=O)NC(C)(C)C)N(Cc1ccc(F)cc1)C(=O)COc1ccc(C(C)(C)C)cc1. The molecule has 0 fully saturated rings. The standard InChI is InChI=1S/C26H35FN2O3/c1-18(24(31)28-26(5,6)7)29(16-19-8-12-21(27)13-9-19)23(30)17-32-22-14-10-20(11-15-22)25(2,3)4/h8-15,18H,16-17H2,1-7H3,(H,28,31)/t18-/m1/s1. The maximum absolute atomic E-state index is 13.3. The molecule has 0 saturated heterocycles. The highest BCUT2D eigenvalue weighted by Crippen LogP contribution is 2.24. The van der Waals surface area contributed by atoms with Crippen LogP contribution >= 0.6 is 0 Å². The highest BCUT2D eigenvalue weighted by molar-refractivity contribution is 5.88. The van der Waals surface area contributed by atoms with E-state index in [1.165, 1.54) is 22.6 Å². The molecule has 1 N–H and O–H groups in total. The van der Waals surface area contributed by atoms with Crippen LogP contribution in [-0.2, 0) is 21.5 Å². The van der Waals surface area contributed by atoms with E-state index >= 15 is 0 Å². The van der Waals surface area contributed by atoms with Crippen molar-refractivity contribution >= 4 is 11.8 Å². The van der Waals surface area contributed by atoms with Crippen LogP contribution in [0.25, 0.3) is 0 Å². The van der Waals surface area contributed by atoms with Gasteiger partial charge in [0.25, 0.3) is 5.91 Å². The number of hydrogen-bond acceptors (Lipinski definition) is 3. The van der Waals surface area contributed by atoms with E-state index < -0.39 is 11.6 Å². The fourth-order valence-electron chi connectivity index (χ4n) is 3.12. The Bertz CT molecular complexity index is 910. The van der Waals surface area contributed by atoms with Crippen LogP contribution in [-0.4, -0.2) is 34.9 Å². The predicted octanol–water partition coefficient (Wildman–Crippen LogP) is 4.83. The van der Waals surface area contributed by atoms with Crippen LogP contribution in [0.2, 0.25) is 0 Å². The van der Waals surface area contributed by atoms with E-state index in [4.69, 9.17) is 4.74 Å². The van der Waals surface area contributed by atoms with E-state index in [-0.39, 0.29) is 36.2 Å². The average Bonchev–Trinajstić information content (AvgIpc) is 2.69. The lowest BCUT2D eigenvalue weighted by Gasteiger charge is -2.31. The quantitative estimate of drug-likeness (QED) is 0.668. The normalized spacial score (nSPS) is 12.8. The molecule has 0 aromatic heterocycles. The summed E-state index contributed by atoms with van der Waals surface area (Å²) in [5, 5.41) is 2.91. The highest BCUT2D eigenvalue weighted by Gasteiger charge is 2.28. The van der Waals surface area contributed by atoms with Crippen molar-refractivity contribution in [2.75, 3.05) is 6.61 Å². The Morgan fingerprint density at radius 1 is 0.969 bits per heavy atom. The summed E-state index contributed by atoms with van der Waals surface area (Å²) in [4.78, 5) is 27.3. The Kier molecular flexibility index (Phi) is 8.05. The van der Waals surface area contributed by atoms with Gasteiger partial charge < -0.3 is 15.0 Å². The molecule has 2 aromatic carbocycles. The lowest BCUT2D eigenvalue weighted by atomic mass is 9.87. The number of benzene rings is 2. The van der Waals surface area contributed by atoms with Crippen molar-refractivity contribution in [3.05, 3.63) is 65.5 Å². The van der Waals surface area contributed by atoms with Gasteiger partial charge in [-0.1, -0.05) is 45.0 Å². The molecule has 2 amide bonds. The molecule has 6 heteroatoms. The number of carbonyl (C=O) groups excluding carboxylic acids is 2. The van der Waals surface area contributed by atoms with Gasteiger partial charge in [-0.2, -0.15) is 0 Å². The van der Waals surface area contributed by atoms with Gasteiger partial charge >= 0.3 is 0 Å². The Labute approximate surface area is 191 Å². The summed E-state index contributed by atoms with van der Waals surface area (Å²) < 4.78 is 19.0. The van der Waals surface area contributed by atoms with Crippen molar-refractivity contribution in [2.24, 2.45) is 0 Å². The first-order valence-electron chi connectivity index (χ1n) is 10.9. The van der Waals surface area contributed by atoms with Crippen molar-refractivity contribution in [3.8, 4) is 5.75 Å². The molecule has 5 nitrogen and oxygen atoms in total. The molecule has 0 unspecified atom stereocenters. The molecule has 0 aliphatic carbocycles. The number of rotatable bonds is 7. The second-order valence-corrected chi connectivity index (χ2v) is 10.1. The summed E-state index contributed by atoms with van der Waals surface area (Å²) in [6.45, 7) is 13.7. The molecule has 0 spiro atoms. The minimum absolute atomic E-state index is 0.0240. The second-order valence-electron chi connectivity index (χ2n) is 10.1. The number of ether oxygens (including phenoxy) is 1. The van der Waals surface area contributed by atoms with Crippen molar-refractivity contribution in [3.63, 3.8) is 0 Å². The summed E-state index contributed by atoms with van der Waals surface area (Å²) in [7, 11) is 0.